The van der Waals surface area contributed by atoms with E-state index >= 15 is 0 Å². The molecule has 4 rings (SSSR count). The van der Waals surface area contributed by atoms with Gasteiger partial charge in [-0.15, -0.1) is 0 Å². The second-order valence-corrected chi connectivity index (χ2v) is 9.84. The average Bonchev–Trinajstić information content (AvgIpc) is 2.72. The molecule has 0 aromatic heterocycles. The third kappa shape index (κ3) is 1.65. The molecule has 3 saturated carbocycles. The maximum atomic E-state index is 4.49. The maximum absolute atomic E-state index is 4.49. The van der Waals surface area contributed by atoms with E-state index in [-0.39, 0.29) is 0 Å². The van der Waals surface area contributed by atoms with Crippen molar-refractivity contribution in [1.82, 2.24) is 0 Å². The highest BCUT2D eigenvalue weighted by Gasteiger charge is 2.62. The molecule has 0 N–H and O–H groups in total. The molecule has 4 aliphatic rings. The topological polar surface area (TPSA) is 0 Å². The standard InChI is InChI=1S/C22H34/c1-15-8-11-20(3)17(14-15)6-7-19-18(20)10-13-21(4)16(2)9-12-22(19,21)5/h6,15,18-19H,2,7-14H2,1,3-5H3. The van der Waals surface area contributed by atoms with Gasteiger partial charge in [-0.1, -0.05) is 51.5 Å². The fraction of sp³-hybridized carbons (Fsp3) is 0.818. The van der Waals surface area contributed by atoms with Crippen LogP contribution in [0.15, 0.2) is 23.8 Å². The van der Waals surface area contributed by atoms with Crippen molar-refractivity contribution >= 4 is 0 Å². The van der Waals surface area contributed by atoms with Crippen molar-refractivity contribution in [2.75, 3.05) is 0 Å². The Morgan fingerprint density at radius 1 is 1.05 bits per heavy atom. The van der Waals surface area contributed by atoms with E-state index in [1.807, 2.05) is 5.57 Å². The summed E-state index contributed by atoms with van der Waals surface area (Å²) in [5, 5.41) is 0. The zero-order valence-corrected chi connectivity index (χ0v) is 15.2. The molecule has 0 radical (unpaired) electrons. The summed E-state index contributed by atoms with van der Waals surface area (Å²) in [6, 6.07) is 0. The number of fused-ring (bicyclic) bond motifs is 5. The van der Waals surface area contributed by atoms with Crippen LogP contribution in [0.1, 0.15) is 79.1 Å². The summed E-state index contributed by atoms with van der Waals surface area (Å²) >= 11 is 0. The quantitative estimate of drug-likeness (QED) is 0.446. The molecule has 6 atom stereocenters. The lowest BCUT2D eigenvalue weighted by molar-refractivity contribution is -0.0783. The predicted molar refractivity (Wildman–Crippen MR) is 94.6 cm³/mol. The summed E-state index contributed by atoms with van der Waals surface area (Å²) in [6.07, 6.45) is 13.8. The molecule has 3 fully saturated rings. The summed E-state index contributed by atoms with van der Waals surface area (Å²) in [7, 11) is 0. The molecule has 22 heavy (non-hydrogen) atoms. The minimum Gasteiger partial charge on any atom is -0.0993 e. The molecule has 0 spiro atoms. The molecule has 0 nitrogen and oxygen atoms in total. The molecular formula is C22H34. The van der Waals surface area contributed by atoms with E-state index in [9.17, 15) is 0 Å². The first kappa shape index (κ1) is 15.0. The van der Waals surface area contributed by atoms with Gasteiger partial charge in [0.05, 0.1) is 0 Å². The van der Waals surface area contributed by atoms with Crippen LogP contribution in [-0.4, -0.2) is 0 Å². The van der Waals surface area contributed by atoms with Crippen LogP contribution < -0.4 is 0 Å². The Bertz CT molecular complexity index is 540. The van der Waals surface area contributed by atoms with E-state index in [0.29, 0.717) is 16.2 Å². The first-order valence-corrected chi connectivity index (χ1v) is 9.69. The normalized spacial score (nSPS) is 54.3. The Morgan fingerprint density at radius 2 is 1.82 bits per heavy atom. The third-order valence-electron chi connectivity index (χ3n) is 9.14. The lowest BCUT2D eigenvalue weighted by atomic mass is 9.43. The Morgan fingerprint density at radius 3 is 2.59 bits per heavy atom. The van der Waals surface area contributed by atoms with E-state index in [1.165, 1.54) is 51.4 Å². The summed E-state index contributed by atoms with van der Waals surface area (Å²) in [4.78, 5) is 0. The highest BCUT2D eigenvalue weighted by Crippen LogP contribution is 2.71. The van der Waals surface area contributed by atoms with E-state index in [2.05, 4.69) is 40.3 Å². The van der Waals surface area contributed by atoms with Crippen molar-refractivity contribution in [1.29, 1.82) is 0 Å². The van der Waals surface area contributed by atoms with Crippen LogP contribution >= 0.6 is 0 Å². The Hall–Kier alpha value is -0.520. The first-order chi connectivity index (χ1) is 10.3. The first-order valence-electron chi connectivity index (χ1n) is 9.69. The van der Waals surface area contributed by atoms with Crippen LogP contribution in [0.2, 0.25) is 0 Å². The van der Waals surface area contributed by atoms with Crippen LogP contribution in [0.3, 0.4) is 0 Å². The van der Waals surface area contributed by atoms with Gasteiger partial charge in [0, 0.05) is 0 Å². The second-order valence-electron chi connectivity index (χ2n) is 9.84. The molecule has 0 heteroatoms. The molecular weight excluding hydrogens is 264 g/mol. The molecule has 122 valence electrons. The van der Waals surface area contributed by atoms with Crippen molar-refractivity contribution in [2.45, 2.75) is 79.1 Å². The minimum absolute atomic E-state index is 0.415. The van der Waals surface area contributed by atoms with E-state index in [0.717, 1.165) is 17.8 Å². The average molecular weight is 299 g/mol. The van der Waals surface area contributed by atoms with E-state index < -0.39 is 0 Å². The molecule has 0 bridgehead atoms. The lowest BCUT2D eigenvalue weighted by Crippen LogP contribution is -2.53. The molecule has 6 unspecified atom stereocenters. The smallest absolute Gasteiger partial charge is 0.00622 e. The van der Waals surface area contributed by atoms with Crippen molar-refractivity contribution in [3.63, 3.8) is 0 Å². The largest absolute Gasteiger partial charge is 0.0993 e. The van der Waals surface area contributed by atoms with Crippen LogP contribution in [0.4, 0.5) is 0 Å². The van der Waals surface area contributed by atoms with Gasteiger partial charge >= 0.3 is 0 Å². The fourth-order valence-corrected chi connectivity index (χ4v) is 7.13. The van der Waals surface area contributed by atoms with Gasteiger partial charge in [0.2, 0.25) is 0 Å². The predicted octanol–water partition coefficient (Wildman–Crippen LogP) is 6.53. The monoisotopic (exact) mass is 298 g/mol. The van der Waals surface area contributed by atoms with Gasteiger partial charge < -0.3 is 0 Å². The Labute approximate surface area is 137 Å². The molecule has 4 aliphatic carbocycles. The number of hydrogen-bond acceptors (Lipinski definition) is 0. The van der Waals surface area contributed by atoms with Gasteiger partial charge in [0.1, 0.15) is 0 Å². The molecule has 0 aliphatic heterocycles. The zero-order chi connectivity index (χ0) is 15.8. The zero-order valence-electron chi connectivity index (χ0n) is 15.2. The highest BCUT2D eigenvalue weighted by molar-refractivity contribution is 5.30. The SMILES string of the molecule is C=C1CCC2(C)C3CC=C4CC(C)CCC4(C)C3CCC12C. The van der Waals surface area contributed by atoms with Crippen LogP contribution in [0.5, 0.6) is 0 Å². The van der Waals surface area contributed by atoms with Crippen molar-refractivity contribution in [3.8, 4) is 0 Å². The summed E-state index contributed by atoms with van der Waals surface area (Å²) in [5.74, 6) is 2.74. The number of hydrogen-bond donors (Lipinski definition) is 0. The van der Waals surface area contributed by atoms with Gasteiger partial charge in [-0.2, -0.15) is 0 Å². The van der Waals surface area contributed by atoms with Crippen LogP contribution in [0, 0.1) is 34.0 Å². The summed E-state index contributed by atoms with van der Waals surface area (Å²) in [5.41, 5.74) is 4.82. The molecule has 0 saturated heterocycles. The summed E-state index contributed by atoms with van der Waals surface area (Å²) in [6.45, 7) is 14.7. The molecule has 0 heterocycles. The van der Waals surface area contributed by atoms with Gasteiger partial charge in [-0.3, -0.25) is 0 Å². The van der Waals surface area contributed by atoms with Crippen molar-refractivity contribution in [3.05, 3.63) is 23.8 Å². The highest BCUT2D eigenvalue weighted by atomic mass is 14.7. The van der Waals surface area contributed by atoms with Crippen LogP contribution in [0.25, 0.3) is 0 Å². The van der Waals surface area contributed by atoms with Gasteiger partial charge in [0.25, 0.3) is 0 Å². The van der Waals surface area contributed by atoms with E-state index in [4.69, 9.17) is 0 Å². The number of allylic oxidation sites excluding steroid dienone is 3. The van der Waals surface area contributed by atoms with Gasteiger partial charge in [0.15, 0.2) is 0 Å². The second kappa shape index (κ2) is 4.52. The van der Waals surface area contributed by atoms with Crippen molar-refractivity contribution in [2.24, 2.45) is 34.0 Å². The fourth-order valence-electron chi connectivity index (χ4n) is 7.13. The molecule has 0 amide bonds. The molecule has 0 aromatic carbocycles. The lowest BCUT2D eigenvalue weighted by Gasteiger charge is -2.61. The van der Waals surface area contributed by atoms with Crippen LogP contribution in [-0.2, 0) is 0 Å². The van der Waals surface area contributed by atoms with Gasteiger partial charge in [-0.05, 0) is 85.4 Å². The van der Waals surface area contributed by atoms with Gasteiger partial charge in [-0.25, -0.2) is 0 Å². The maximum Gasteiger partial charge on any atom is -0.00622 e. The minimum atomic E-state index is 0.415. The number of rotatable bonds is 0. The van der Waals surface area contributed by atoms with E-state index in [1.54, 1.807) is 5.57 Å². The Kier molecular flexibility index (Phi) is 3.09. The Balaban J connectivity index is 1.75. The third-order valence-corrected chi connectivity index (χ3v) is 9.14. The molecule has 0 aromatic rings. The van der Waals surface area contributed by atoms with Crippen molar-refractivity contribution < 1.29 is 0 Å². The summed E-state index contributed by atoms with van der Waals surface area (Å²) < 4.78 is 0.